The van der Waals surface area contributed by atoms with Gasteiger partial charge in [0, 0.05) is 23.7 Å². The molecule has 5 heteroatoms. The average molecular weight is 287 g/mol. The van der Waals surface area contributed by atoms with Crippen LogP contribution in [-0.4, -0.2) is 29.6 Å². The van der Waals surface area contributed by atoms with Crippen LogP contribution in [-0.2, 0) is 25.5 Å². The van der Waals surface area contributed by atoms with Crippen LogP contribution in [0.3, 0.4) is 0 Å². The second-order valence-corrected chi connectivity index (χ2v) is 5.18. The molecule has 1 saturated heterocycles. The predicted octanol–water partition coefficient (Wildman–Crippen LogP) is 2.35. The third kappa shape index (κ3) is 3.13. The van der Waals surface area contributed by atoms with Gasteiger partial charge < -0.3 is 14.5 Å². The van der Waals surface area contributed by atoms with Gasteiger partial charge in [0.25, 0.3) is 0 Å². The van der Waals surface area contributed by atoms with E-state index >= 15 is 0 Å². The van der Waals surface area contributed by atoms with Crippen LogP contribution in [0.4, 0.5) is 0 Å². The zero-order chi connectivity index (χ0) is 14.7. The van der Waals surface area contributed by atoms with Gasteiger partial charge in [-0.1, -0.05) is 18.2 Å². The molecule has 3 rings (SSSR count). The van der Waals surface area contributed by atoms with E-state index in [9.17, 15) is 9.59 Å². The van der Waals surface area contributed by atoms with Crippen molar-refractivity contribution in [3.05, 3.63) is 36.0 Å². The monoisotopic (exact) mass is 287 g/mol. The normalized spacial score (nSPS) is 18.6. The Balaban J connectivity index is 1.62. The molecule has 0 spiro atoms. The molecule has 1 aromatic carbocycles. The van der Waals surface area contributed by atoms with E-state index in [1.54, 1.807) is 6.20 Å². The number of ether oxygens (including phenoxy) is 2. The van der Waals surface area contributed by atoms with E-state index in [4.69, 9.17) is 9.47 Å². The number of aromatic nitrogens is 1. The number of esters is 2. The van der Waals surface area contributed by atoms with Crippen molar-refractivity contribution < 1.29 is 19.1 Å². The number of hydrogen-bond acceptors (Lipinski definition) is 4. The van der Waals surface area contributed by atoms with Crippen molar-refractivity contribution >= 4 is 22.8 Å². The highest BCUT2D eigenvalue weighted by Gasteiger charge is 2.25. The molecule has 2 heterocycles. The quantitative estimate of drug-likeness (QED) is 0.695. The second-order valence-electron chi connectivity index (χ2n) is 5.18. The number of H-pyrrole nitrogens is 1. The first-order chi connectivity index (χ1) is 10.2. The topological polar surface area (TPSA) is 68.4 Å². The van der Waals surface area contributed by atoms with Crippen LogP contribution in [0.5, 0.6) is 0 Å². The summed E-state index contributed by atoms with van der Waals surface area (Å²) in [5.74, 6) is -1.11. The molecular formula is C16H17NO4. The van der Waals surface area contributed by atoms with E-state index in [1.165, 1.54) is 0 Å². The predicted molar refractivity (Wildman–Crippen MR) is 76.7 cm³/mol. The van der Waals surface area contributed by atoms with Crippen LogP contribution in [0.1, 0.15) is 24.8 Å². The van der Waals surface area contributed by atoms with Gasteiger partial charge in [0.05, 0.1) is 6.42 Å². The molecule has 0 radical (unpaired) electrons. The number of rotatable bonds is 3. The van der Waals surface area contributed by atoms with E-state index < -0.39 is 18.0 Å². The summed E-state index contributed by atoms with van der Waals surface area (Å²) in [7, 11) is 0. The van der Waals surface area contributed by atoms with Crippen LogP contribution in [0.15, 0.2) is 30.5 Å². The molecule has 21 heavy (non-hydrogen) atoms. The lowest BCUT2D eigenvalue weighted by atomic mass is 10.1. The first-order valence-electron chi connectivity index (χ1n) is 7.15. The SMILES string of the molecule is O=C(Cc1c[nH]c2ccccc12)OC(=O)C1CCCCO1. The molecule has 0 saturated carbocycles. The first kappa shape index (κ1) is 13.8. The largest absolute Gasteiger partial charge is 0.391 e. The fourth-order valence-corrected chi connectivity index (χ4v) is 2.57. The average Bonchev–Trinajstić information content (AvgIpc) is 2.91. The number of hydrogen-bond donors (Lipinski definition) is 1. The van der Waals surface area contributed by atoms with Crippen molar-refractivity contribution in [3.63, 3.8) is 0 Å². The lowest BCUT2D eigenvalue weighted by Crippen LogP contribution is -2.31. The molecule has 0 amide bonds. The summed E-state index contributed by atoms with van der Waals surface area (Å²) in [5.41, 5.74) is 1.79. The summed E-state index contributed by atoms with van der Waals surface area (Å²) in [6.07, 6.45) is 3.75. The molecular weight excluding hydrogens is 270 g/mol. The Morgan fingerprint density at radius 3 is 2.95 bits per heavy atom. The van der Waals surface area contributed by atoms with E-state index in [0.717, 1.165) is 29.3 Å². The van der Waals surface area contributed by atoms with Crippen LogP contribution < -0.4 is 0 Å². The first-order valence-corrected chi connectivity index (χ1v) is 7.15. The molecule has 1 aromatic heterocycles. The number of aromatic amines is 1. The minimum absolute atomic E-state index is 0.0719. The molecule has 0 bridgehead atoms. The maximum absolute atomic E-state index is 11.9. The zero-order valence-electron chi connectivity index (χ0n) is 11.6. The Morgan fingerprint density at radius 1 is 1.29 bits per heavy atom. The highest BCUT2D eigenvalue weighted by molar-refractivity contribution is 5.92. The smallest absolute Gasteiger partial charge is 0.342 e. The molecule has 1 unspecified atom stereocenters. The van der Waals surface area contributed by atoms with Crippen LogP contribution in [0.2, 0.25) is 0 Å². The van der Waals surface area contributed by atoms with Crippen molar-refractivity contribution in [3.8, 4) is 0 Å². The van der Waals surface area contributed by atoms with Gasteiger partial charge in [-0.05, 0) is 30.9 Å². The lowest BCUT2D eigenvalue weighted by Gasteiger charge is -2.20. The van der Waals surface area contributed by atoms with Gasteiger partial charge in [0.1, 0.15) is 0 Å². The fourth-order valence-electron chi connectivity index (χ4n) is 2.57. The number of fused-ring (bicyclic) bond motifs is 1. The van der Waals surface area contributed by atoms with E-state index in [2.05, 4.69) is 4.98 Å². The van der Waals surface area contributed by atoms with E-state index in [0.29, 0.717) is 13.0 Å². The Hall–Kier alpha value is -2.14. The molecule has 1 aliphatic heterocycles. The standard InChI is InChI=1S/C16H17NO4/c18-15(21-16(19)14-7-3-4-8-20-14)9-11-10-17-13-6-2-1-5-12(11)13/h1-2,5-6,10,14,17H,3-4,7-9H2. The van der Waals surface area contributed by atoms with Crippen LogP contribution in [0, 0.1) is 0 Å². The molecule has 5 nitrogen and oxygen atoms in total. The summed E-state index contributed by atoms with van der Waals surface area (Å²) in [5, 5.41) is 0.968. The van der Waals surface area contributed by atoms with Crippen molar-refractivity contribution in [1.29, 1.82) is 0 Å². The van der Waals surface area contributed by atoms with Gasteiger partial charge in [-0.2, -0.15) is 0 Å². The Labute approximate surface area is 122 Å². The highest BCUT2D eigenvalue weighted by atomic mass is 16.6. The summed E-state index contributed by atoms with van der Waals surface area (Å²) >= 11 is 0. The third-order valence-corrected chi connectivity index (χ3v) is 3.67. The summed E-state index contributed by atoms with van der Waals surface area (Å²) in [4.78, 5) is 26.8. The minimum Gasteiger partial charge on any atom is -0.391 e. The summed E-state index contributed by atoms with van der Waals surface area (Å²) in [6.45, 7) is 0.552. The highest BCUT2D eigenvalue weighted by Crippen LogP contribution is 2.19. The van der Waals surface area contributed by atoms with Crippen LogP contribution >= 0.6 is 0 Å². The van der Waals surface area contributed by atoms with Crippen molar-refractivity contribution in [2.24, 2.45) is 0 Å². The number of benzene rings is 1. The van der Waals surface area contributed by atoms with Gasteiger partial charge in [-0.15, -0.1) is 0 Å². The molecule has 1 N–H and O–H groups in total. The van der Waals surface area contributed by atoms with E-state index in [1.807, 2.05) is 24.3 Å². The molecule has 1 fully saturated rings. The van der Waals surface area contributed by atoms with Gasteiger partial charge in [-0.25, -0.2) is 4.79 Å². The molecule has 1 atom stereocenters. The number of nitrogens with one attached hydrogen (secondary N) is 1. The summed E-state index contributed by atoms with van der Waals surface area (Å²) < 4.78 is 10.2. The zero-order valence-corrected chi connectivity index (χ0v) is 11.6. The Kier molecular flexibility index (Phi) is 4.01. The molecule has 0 aliphatic carbocycles. The van der Waals surface area contributed by atoms with Gasteiger partial charge in [0.15, 0.2) is 6.10 Å². The Morgan fingerprint density at radius 2 is 2.14 bits per heavy atom. The van der Waals surface area contributed by atoms with Crippen molar-refractivity contribution in [2.75, 3.05) is 6.61 Å². The van der Waals surface area contributed by atoms with Gasteiger partial charge in [-0.3, -0.25) is 4.79 Å². The van der Waals surface area contributed by atoms with Crippen molar-refractivity contribution in [2.45, 2.75) is 31.8 Å². The summed E-state index contributed by atoms with van der Waals surface area (Å²) in [6, 6.07) is 7.70. The molecule has 2 aromatic rings. The second kappa shape index (κ2) is 6.10. The van der Waals surface area contributed by atoms with E-state index in [-0.39, 0.29) is 6.42 Å². The number of carbonyl (C=O) groups is 2. The third-order valence-electron chi connectivity index (χ3n) is 3.67. The van der Waals surface area contributed by atoms with Crippen LogP contribution in [0.25, 0.3) is 10.9 Å². The number of para-hydroxylation sites is 1. The maximum atomic E-state index is 11.9. The molecule has 1 aliphatic rings. The van der Waals surface area contributed by atoms with Gasteiger partial charge >= 0.3 is 11.9 Å². The fraction of sp³-hybridized carbons (Fsp3) is 0.375. The van der Waals surface area contributed by atoms with Crippen molar-refractivity contribution in [1.82, 2.24) is 4.98 Å². The van der Waals surface area contributed by atoms with Gasteiger partial charge in [0.2, 0.25) is 0 Å². The molecule has 110 valence electrons. The maximum Gasteiger partial charge on any atom is 0.342 e. The number of carbonyl (C=O) groups excluding carboxylic acids is 2. The lowest BCUT2D eigenvalue weighted by molar-refractivity contribution is -0.169. The Bertz CT molecular complexity index is 655. The minimum atomic E-state index is -0.592.